The molecule has 2 atom stereocenters. The first-order valence-electron chi connectivity index (χ1n) is 25.8. The van der Waals surface area contributed by atoms with Gasteiger partial charge in [-0.25, -0.2) is 0 Å². The van der Waals surface area contributed by atoms with E-state index in [-0.39, 0.29) is 35.7 Å². The van der Waals surface area contributed by atoms with Crippen molar-refractivity contribution < 1.29 is 19.2 Å². The molecule has 0 saturated carbocycles. The van der Waals surface area contributed by atoms with Crippen LogP contribution in [0, 0.1) is 0 Å². The van der Waals surface area contributed by atoms with E-state index in [1.807, 2.05) is 147 Å². The van der Waals surface area contributed by atoms with Crippen LogP contribution in [0.15, 0.2) is 194 Å². The number of amides is 4. The normalized spacial score (nSPS) is 11.9. The highest BCUT2D eigenvalue weighted by Crippen LogP contribution is 2.48. The SMILES string of the molecule is CCCCC(=O)Nc1c(-c2cccc3cccc(-c4ccc(C(=O)NC(C)c5ccccc5)cc4)c23)ccc(-c2cccc3cccc(-c4ccc(C(=O)NC(C)c5ccccc5)cc4)c23)c1NC(=O)CCCC. The summed E-state index contributed by atoms with van der Waals surface area (Å²) in [6.45, 7) is 8.08. The van der Waals surface area contributed by atoms with Gasteiger partial charge in [-0.3, -0.25) is 19.2 Å². The number of unbranched alkanes of at least 4 members (excludes halogenated alkanes) is 2. The lowest BCUT2D eigenvalue weighted by Crippen LogP contribution is -2.26. The van der Waals surface area contributed by atoms with Gasteiger partial charge in [0.25, 0.3) is 11.8 Å². The van der Waals surface area contributed by atoms with Crippen LogP contribution in [0.3, 0.4) is 0 Å². The second-order valence-electron chi connectivity index (χ2n) is 19.0. The smallest absolute Gasteiger partial charge is 0.251 e. The van der Waals surface area contributed by atoms with Gasteiger partial charge >= 0.3 is 0 Å². The highest BCUT2D eigenvalue weighted by atomic mass is 16.2. The Morgan fingerprint density at radius 2 is 0.730 bits per heavy atom. The number of carbonyl (C=O) groups excluding carboxylic acids is 4. The van der Waals surface area contributed by atoms with Crippen LogP contribution in [0.1, 0.15) is 110 Å². The molecule has 4 N–H and O–H groups in total. The third-order valence-electron chi connectivity index (χ3n) is 13.8. The average Bonchev–Trinajstić information content (AvgIpc) is 3.45. The molecular weight excluding hydrogens is 913 g/mol. The number of fused-ring (bicyclic) bond motifs is 2. The fourth-order valence-electron chi connectivity index (χ4n) is 9.81. The maximum Gasteiger partial charge on any atom is 0.251 e. The molecule has 9 rings (SSSR count). The van der Waals surface area contributed by atoms with Crippen molar-refractivity contribution in [1.29, 1.82) is 0 Å². The summed E-state index contributed by atoms with van der Waals surface area (Å²) in [6.07, 6.45) is 3.72. The van der Waals surface area contributed by atoms with E-state index >= 15 is 0 Å². The lowest BCUT2D eigenvalue weighted by molar-refractivity contribution is -0.117. The molecular formula is C66H62N4O4. The zero-order valence-electron chi connectivity index (χ0n) is 42.5. The minimum absolute atomic E-state index is 0.147. The zero-order chi connectivity index (χ0) is 51.6. The number of carbonyl (C=O) groups is 4. The number of rotatable bonds is 18. The fourth-order valence-corrected chi connectivity index (χ4v) is 9.81. The van der Waals surface area contributed by atoms with Crippen LogP contribution < -0.4 is 21.3 Å². The summed E-state index contributed by atoms with van der Waals surface area (Å²) < 4.78 is 0. The molecule has 4 amide bonds. The number of nitrogens with one attached hydrogen (secondary N) is 4. The average molecular weight is 975 g/mol. The van der Waals surface area contributed by atoms with Crippen molar-refractivity contribution in [3.63, 3.8) is 0 Å². The van der Waals surface area contributed by atoms with Gasteiger partial charge in [0.1, 0.15) is 0 Å². The predicted octanol–water partition coefficient (Wildman–Crippen LogP) is 15.9. The second-order valence-corrected chi connectivity index (χ2v) is 19.0. The topological polar surface area (TPSA) is 116 Å². The molecule has 74 heavy (non-hydrogen) atoms. The Balaban J connectivity index is 1.16. The molecule has 0 fully saturated rings. The van der Waals surface area contributed by atoms with E-state index in [1.54, 1.807) is 0 Å². The Hall–Kier alpha value is -8.62. The Morgan fingerprint density at radius 3 is 1.08 bits per heavy atom. The largest absolute Gasteiger partial charge is 0.346 e. The molecule has 0 bridgehead atoms. The summed E-state index contributed by atoms with van der Waals surface area (Å²) in [5.74, 6) is -0.611. The molecule has 8 nitrogen and oxygen atoms in total. The van der Waals surface area contributed by atoms with Crippen molar-refractivity contribution in [3.05, 3.63) is 216 Å². The summed E-state index contributed by atoms with van der Waals surface area (Å²) >= 11 is 0. The molecule has 0 heterocycles. The Morgan fingerprint density at radius 1 is 0.378 bits per heavy atom. The van der Waals surface area contributed by atoms with Crippen molar-refractivity contribution >= 4 is 56.5 Å². The van der Waals surface area contributed by atoms with Crippen LogP contribution in [0.4, 0.5) is 11.4 Å². The summed E-state index contributed by atoms with van der Waals surface area (Å²) in [5.41, 5.74) is 11.2. The first kappa shape index (κ1) is 50.3. The van der Waals surface area contributed by atoms with Gasteiger partial charge < -0.3 is 21.3 Å². The van der Waals surface area contributed by atoms with E-state index < -0.39 is 0 Å². The molecule has 9 aromatic carbocycles. The monoisotopic (exact) mass is 974 g/mol. The maximum atomic E-state index is 14.2. The molecule has 8 heteroatoms. The minimum Gasteiger partial charge on any atom is -0.346 e. The van der Waals surface area contributed by atoms with Gasteiger partial charge in [0.2, 0.25) is 11.8 Å². The molecule has 370 valence electrons. The van der Waals surface area contributed by atoms with Crippen molar-refractivity contribution in [2.24, 2.45) is 0 Å². The summed E-state index contributed by atoms with van der Waals surface area (Å²) in [7, 11) is 0. The van der Waals surface area contributed by atoms with Gasteiger partial charge in [0.05, 0.1) is 23.5 Å². The zero-order valence-corrected chi connectivity index (χ0v) is 42.5. The molecule has 0 spiro atoms. The molecule has 0 radical (unpaired) electrons. The number of hydrogen-bond acceptors (Lipinski definition) is 4. The van der Waals surface area contributed by atoms with Crippen molar-refractivity contribution in [2.45, 2.75) is 78.3 Å². The van der Waals surface area contributed by atoms with Crippen molar-refractivity contribution in [1.82, 2.24) is 10.6 Å². The molecule has 0 aliphatic carbocycles. The second kappa shape index (κ2) is 23.3. The van der Waals surface area contributed by atoms with Gasteiger partial charge in [-0.05, 0) is 117 Å². The van der Waals surface area contributed by atoms with E-state index in [0.29, 0.717) is 48.2 Å². The number of benzene rings is 9. The van der Waals surface area contributed by atoms with Gasteiger partial charge in [0, 0.05) is 35.1 Å². The van der Waals surface area contributed by atoms with Gasteiger partial charge in [-0.15, -0.1) is 0 Å². The van der Waals surface area contributed by atoms with Crippen LogP contribution in [0.2, 0.25) is 0 Å². The Kier molecular flexibility index (Phi) is 15.8. The molecule has 0 saturated heterocycles. The van der Waals surface area contributed by atoms with Gasteiger partial charge in [-0.1, -0.05) is 197 Å². The van der Waals surface area contributed by atoms with Crippen LogP contribution in [0.5, 0.6) is 0 Å². The maximum absolute atomic E-state index is 14.2. The van der Waals surface area contributed by atoms with Crippen LogP contribution in [-0.2, 0) is 9.59 Å². The molecule has 2 unspecified atom stereocenters. The minimum atomic E-state index is -0.163. The van der Waals surface area contributed by atoms with E-state index in [4.69, 9.17) is 0 Å². The van der Waals surface area contributed by atoms with E-state index in [0.717, 1.165) is 90.0 Å². The van der Waals surface area contributed by atoms with Crippen LogP contribution in [0.25, 0.3) is 66.1 Å². The van der Waals surface area contributed by atoms with Crippen molar-refractivity contribution in [3.8, 4) is 44.5 Å². The van der Waals surface area contributed by atoms with Crippen LogP contribution in [-0.4, -0.2) is 23.6 Å². The lowest BCUT2D eigenvalue weighted by Gasteiger charge is -2.23. The highest BCUT2D eigenvalue weighted by molar-refractivity contribution is 6.17. The fraction of sp³-hybridized carbons (Fsp3) is 0.182. The van der Waals surface area contributed by atoms with Crippen molar-refractivity contribution in [2.75, 3.05) is 10.6 Å². The molecule has 9 aromatic rings. The van der Waals surface area contributed by atoms with E-state index in [1.165, 1.54) is 0 Å². The van der Waals surface area contributed by atoms with E-state index in [9.17, 15) is 19.2 Å². The van der Waals surface area contributed by atoms with Gasteiger partial charge in [-0.2, -0.15) is 0 Å². The van der Waals surface area contributed by atoms with Crippen LogP contribution >= 0.6 is 0 Å². The highest BCUT2D eigenvalue weighted by Gasteiger charge is 2.24. The molecule has 0 aliphatic rings. The number of hydrogen-bond donors (Lipinski definition) is 4. The first-order chi connectivity index (χ1) is 36.1. The van der Waals surface area contributed by atoms with Gasteiger partial charge in [0.15, 0.2) is 0 Å². The summed E-state index contributed by atoms with van der Waals surface area (Å²) in [6, 6.07) is 63.7. The summed E-state index contributed by atoms with van der Waals surface area (Å²) in [4.78, 5) is 55.3. The third kappa shape index (κ3) is 11.2. The van der Waals surface area contributed by atoms with E-state index in [2.05, 4.69) is 95.8 Å². The number of anilines is 2. The lowest BCUT2D eigenvalue weighted by atomic mass is 9.87. The summed E-state index contributed by atoms with van der Waals surface area (Å²) in [5, 5.41) is 16.9. The third-order valence-corrected chi connectivity index (χ3v) is 13.8. The Bertz CT molecular complexity index is 3220. The first-order valence-corrected chi connectivity index (χ1v) is 25.8. The predicted molar refractivity (Wildman–Crippen MR) is 304 cm³/mol. The Labute approximate surface area is 434 Å². The molecule has 0 aliphatic heterocycles. The standard InChI is InChI=1S/C66H62N4O4/c1-5-7-31-59(71)69-63-57(55-29-17-25-49-23-15-27-53(61(49)55)47-33-37-51(38-34-47)65(73)67-43(3)45-19-11-9-12-20-45)41-42-58(64(63)70-60(72)32-8-6-2)56-30-18-26-50-24-16-28-54(62(50)56)48-35-39-52(40-36-48)66(74)68-44(4)46-21-13-10-14-22-46/h9-30,33-44H,5-8,31-32H2,1-4H3,(H,67,73)(H,68,74)(H,69,71)(H,70,72). The molecule has 0 aromatic heterocycles. The quantitative estimate of drug-likeness (QED) is 0.0685.